The molecule has 5 atom stereocenters. The van der Waals surface area contributed by atoms with Crippen LogP contribution in [-0.4, -0.2) is 101 Å². The van der Waals surface area contributed by atoms with Gasteiger partial charge in [0.1, 0.15) is 23.7 Å². The molecular weight excluding hydrogens is 692 g/mol. The molecule has 4 heterocycles. The second-order valence-electron chi connectivity index (χ2n) is 13.7. The molecule has 5 aromatic rings. The molecule has 1 aliphatic carbocycles. The lowest BCUT2D eigenvalue weighted by atomic mass is 9.91. The standard InChI is InChI=1S/C38H44N10O6/c1-2-31(51)44-29-17-30(34(53)33(29)52)48-21-42-32-35(40-19-28(22-6-10-26(49)11-7-22)23-8-12-27(50)13-9-23)45-37(46-36(32)48)47-16-14-25(20-47)43-38(54)41-18-24-5-3-4-15-39-24/h3-13,15,21,25,28-30,33-34,49-50,52-53H,2,14,16-20H2,1H3,(H,44,51)(H,40,45,46)(H2,41,43,54)/t25?,29-,30+,33+,34-/m0/s1. The number of aliphatic hydroxyl groups excluding tert-OH is 2. The molecule has 0 spiro atoms. The number of aromatic hydroxyl groups is 2. The summed E-state index contributed by atoms with van der Waals surface area (Å²) in [5.41, 5.74) is 3.45. The van der Waals surface area contributed by atoms with E-state index in [-0.39, 0.29) is 48.2 Å². The van der Waals surface area contributed by atoms with Gasteiger partial charge in [-0.3, -0.25) is 9.78 Å². The van der Waals surface area contributed by atoms with Gasteiger partial charge in [0.25, 0.3) is 0 Å². The van der Waals surface area contributed by atoms with Gasteiger partial charge in [0.15, 0.2) is 17.0 Å². The third kappa shape index (κ3) is 7.99. The number of aromatic nitrogens is 5. The minimum Gasteiger partial charge on any atom is -0.508 e. The first-order valence-electron chi connectivity index (χ1n) is 18.1. The Labute approximate surface area is 311 Å². The summed E-state index contributed by atoms with van der Waals surface area (Å²) in [6, 6.07) is 17.6. The van der Waals surface area contributed by atoms with Crippen LogP contribution < -0.4 is 26.2 Å². The number of phenolic OH excluding ortho intramolecular Hbond substituents is 2. The number of urea groups is 1. The molecule has 3 amide bonds. The van der Waals surface area contributed by atoms with Crippen molar-refractivity contribution in [3.8, 4) is 11.5 Å². The molecule has 2 fully saturated rings. The number of anilines is 2. The number of carbonyl (C=O) groups is 2. The Balaban J connectivity index is 1.17. The minimum atomic E-state index is -1.20. The van der Waals surface area contributed by atoms with Crippen molar-refractivity contribution in [3.63, 3.8) is 0 Å². The van der Waals surface area contributed by atoms with Gasteiger partial charge in [-0.05, 0) is 60.4 Å². The monoisotopic (exact) mass is 736 g/mol. The number of amides is 3. The number of benzene rings is 2. The number of carbonyl (C=O) groups excluding carboxylic acids is 2. The molecule has 16 heteroatoms. The number of rotatable bonds is 12. The van der Waals surface area contributed by atoms with E-state index >= 15 is 0 Å². The van der Waals surface area contributed by atoms with Gasteiger partial charge in [0.2, 0.25) is 11.9 Å². The summed E-state index contributed by atoms with van der Waals surface area (Å²) in [4.78, 5) is 45.8. The topological polar surface area (TPSA) is 223 Å². The number of aliphatic hydroxyl groups is 2. The molecule has 1 saturated carbocycles. The van der Waals surface area contributed by atoms with Crippen LogP contribution in [0.3, 0.4) is 0 Å². The average Bonchev–Trinajstić information content (AvgIpc) is 3.90. The number of fused-ring (bicyclic) bond motifs is 1. The van der Waals surface area contributed by atoms with E-state index in [1.807, 2.05) is 47.4 Å². The lowest BCUT2D eigenvalue weighted by Crippen LogP contribution is -2.43. The predicted octanol–water partition coefficient (Wildman–Crippen LogP) is 2.52. The number of imidazole rings is 1. The molecule has 54 heavy (non-hydrogen) atoms. The SMILES string of the molecule is CCC(=O)N[C@H]1C[C@@H](n2cnc3c(NCC(c4ccc(O)cc4)c4ccc(O)cc4)nc(N4CCC(NC(=O)NCc5ccccn5)C4)nc32)[C@H](O)[C@@H]1O. The largest absolute Gasteiger partial charge is 0.508 e. The summed E-state index contributed by atoms with van der Waals surface area (Å²) in [6.07, 6.45) is 2.01. The van der Waals surface area contributed by atoms with Crippen LogP contribution in [0.25, 0.3) is 11.2 Å². The molecule has 0 bridgehead atoms. The lowest BCUT2D eigenvalue weighted by molar-refractivity contribution is -0.122. The Morgan fingerprint density at radius 2 is 1.63 bits per heavy atom. The Bertz CT molecular complexity index is 2020. The van der Waals surface area contributed by atoms with Crippen molar-refractivity contribution in [2.75, 3.05) is 29.9 Å². The van der Waals surface area contributed by atoms with E-state index in [4.69, 9.17) is 9.97 Å². The third-order valence-electron chi connectivity index (χ3n) is 10.1. The van der Waals surface area contributed by atoms with E-state index in [0.717, 1.165) is 16.8 Å². The van der Waals surface area contributed by atoms with Crippen LogP contribution in [0.15, 0.2) is 79.3 Å². The first-order chi connectivity index (χ1) is 26.2. The van der Waals surface area contributed by atoms with Crippen molar-refractivity contribution < 1.29 is 30.0 Å². The molecule has 1 aliphatic heterocycles. The molecular formula is C38H44N10O6. The summed E-state index contributed by atoms with van der Waals surface area (Å²) in [6.45, 7) is 3.37. The van der Waals surface area contributed by atoms with Crippen LogP contribution in [0.5, 0.6) is 11.5 Å². The molecule has 16 nitrogen and oxygen atoms in total. The Kier molecular flexibility index (Phi) is 10.7. The highest BCUT2D eigenvalue weighted by Crippen LogP contribution is 2.36. The second-order valence-corrected chi connectivity index (χ2v) is 13.7. The summed E-state index contributed by atoms with van der Waals surface area (Å²) in [7, 11) is 0. The van der Waals surface area contributed by atoms with Crippen LogP contribution >= 0.6 is 0 Å². The maximum atomic E-state index is 12.8. The molecule has 1 saturated heterocycles. The summed E-state index contributed by atoms with van der Waals surface area (Å²) >= 11 is 0. The van der Waals surface area contributed by atoms with Gasteiger partial charge in [-0.1, -0.05) is 37.3 Å². The first kappa shape index (κ1) is 36.4. The van der Waals surface area contributed by atoms with Gasteiger partial charge >= 0.3 is 6.03 Å². The smallest absolute Gasteiger partial charge is 0.315 e. The van der Waals surface area contributed by atoms with E-state index in [9.17, 15) is 30.0 Å². The Morgan fingerprint density at radius 3 is 2.30 bits per heavy atom. The normalized spacial score (nSPS) is 21.0. The minimum absolute atomic E-state index is 0.142. The average molecular weight is 737 g/mol. The fraction of sp³-hybridized carbons (Fsp3) is 0.368. The van der Waals surface area contributed by atoms with Crippen LogP contribution in [0, 0.1) is 0 Å². The molecule has 7 rings (SSSR count). The number of hydrogen-bond donors (Lipinski definition) is 8. The van der Waals surface area contributed by atoms with E-state index in [2.05, 4.69) is 31.2 Å². The van der Waals surface area contributed by atoms with Crippen LogP contribution in [-0.2, 0) is 11.3 Å². The highest BCUT2D eigenvalue weighted by Gasteiger charge is 2.44. The van der Waals surface area contributed by atoms with Crippen molar-refractivity contribution >= 4 is 34.9 Å². The Hall–Kier alpha value is -6.00. The zero-order chi connectivity index (χ0) is 37.8. The molecule has 2 aromatic carbocycles. The third-order valence-corrected chi connectivity index (χ3v) is 10.1. The van der Waals surface area contributed by atoms with Crippen molar-refractivity contribution in [2.45, 2.75) is 69.0 Å². The lowest BCUT2D eigenvalue weighted by Gasteiger charge is -2.22. The maximum absolute atomic E-state index is 12.8. The van der Waals surface area contributed by atoms with Gasteiger partial charge in [0.05, 0.1) is 30.6 Å². The summed E-state index contributed by atoms with van der Waals surface area (Å²) < 4.78 is 1.73. The Morgan fingerprint density at radius 1 is 0.907 bits per heavy atom. The van der Waals surface area contributed by atoms with Gasteiger partial charge < -0.3 is 51.2 Å². The van der Waals surface area contributed by atoms with Crippen molar-refractivity contribution in [1.29, 1.82) is 0 Å². The zero-order valence-corrected chi connectivity index (χ0v) is 29.7. The van der Waals surface area contributed by atoms with Crippen LogP contribution in [0.1, 0.15) is 55.0 Å². The summed E-state index contributed by atoms with van der Waals surface area (Å²) in [5.74, 6) is 0.663. The van der Waals surface area contributed by atoms with Crippen molar-refractivity contribution in [1.82, 2.24) is 40.5 Å². The van der Waals surface area contributed by atoms with Crippen molar-refractivity contribution in [2.24, 2.45) is 0 Å². The highest BCUT2D eigenvalue weighted by molar-refractivity contribution is 5.85. The quantitative estimate of drug-likeness (QED) is 0.0926. The predicted molar refractivity (Wildman–Crippen MR) is 200 cm³/mol. The molecule has 8 N–H and O–H groups in total. The number of hydrogen-bond acceptors (Lipinski definition) is 12. The van der Waals surface area contributed by atoms with Gasteiger partial charge in [-0.2, -0.15) is 9.97 Å². The van der Waals surface area contributed by atoms with Crippen LogP contribution in [0.4, 0.5) is 16.6 Å². The fourth-order valence-corrected chi connectivity index (χ4v) is 7.16. The molecule has 1 unspecified atom stereocenters. The first-order valence-corrected chi connectivity index (χ1v) is 18.1. The van der Waals surface area contributed by atoms with Gasteiger partial charge in [-0.25, -0.2) is 9.78 Å². The zero-order valence-electron chi connectivity index (χ0n) is 29.7. The van der Waals surface area contributed by atoms with E-state index in [1.165, 1.54) is 0 Å². The van der Waals surface area contributed by atoms with Gasteiger partial charge in [-0.15, -0.1) is 0 Å². The van der Waals surface area contributed by atoms with E-state index in [0.29, 0.717) is 55.5 Å². The number of nitrogens with zero attached hydrogens (tertiary/aromatic N) is 6. The fourth-order valence-electron chi connectivity index (χ4n) is 7.16. The molecule has 3 aromatic heterocycles. The van der Waals surface area contributed by atoms with Crippen molar-refractivity contribution in [3.05, 3.63) is 96.1 Å². The maximum Gasteiger partial charge on any atom is 0.315 e. The number of pyridine rings is 1. The molecule has 2 aliphatic rings. The highest BCUT2D eigenvalue weighted by atomic mass is 16.3. The van der Waals surface area contributed by atoms with E-state index in [1.54, 1.807) is 48.3 Å². The summed E-state index contributed by atoms with van der Waals surface area (Å²) in [5, 5.41) is 54.2. The second kappa shape index (κ2) is 15.9. The number of nitrogens with one attached hydrogen (secondary N) is 4. The number of phenols is 2. The molecule has 282 valence electrons. The van der Waals surface area contributed by atoms with E-state index < -0.39 is 24.3 Å². The molecule has 0 radical (unpaired) electrons. The van der Waals surface area contributed by atoms with Crippen LogP contribution in [0.2, 0.25) is 0 Å². The van der Waals surface area contributed by atoms with Gasteiger partial charge in [0, 0.05) is 44.2 Å².